The van der Waals surface area contributed by atoms with Crippen molar-refractivity contribution >= 4 is 45.3 Å². The third-order valence-corrected chi connectivity index (χ3v) is 4.92. The van der Waals surface area contributed by atoms with Crippen molar-refractivity contribution in [2.75, 3.05) is 7.05 Å². The Morgan fingerprint density at radius 1 is 1.24 bits per heavy atom. The lowest BCUT2D eigenvalue weighted by Crippen LogP contribution is -2.17. The first-order valence-corrected chi connectivity index (χ1v) is 7.79. The van der Waals surface area contributed by atoms with Gasteiger partial charge in [-0.15, -0.1) is 0 Å². The van der Waals surface area contributed by atoms with E-state index in [1.165, 1.54) is 0 Å². The van der Waals surface area contributed by atoms with Gasteiger partial charge in [-0.1, -0.05) is 23.7 Å². The van der Waals surface area contributed by atoms with Crippen LogP contribution in [0.3, 0.4) is 0 Å². The molecule has 2 N–H and O–H groups in total. The summed E-state index contributed by atoms with van der Waals surface area (Å²) in [5.74, 6) is -0.444. The van der Waals surface area contributed by atoms with Crippen molar-refractivity contribution in [3.8, 4) is 0 Å². The molecule has 1 heterocycles. The van der Waals surface area contributed by atoms with Crippen LogP contribution in [0.5, 0.6) is 0 Å². The van der Waals surface area contributed by atoms with Gasteiger partial charge in [-0.2, -0.15) is 0 Å². The average molecular weight is 415 g/mol. The number of H-pyrrole nitrogens is 1. The van der Waals surface area contributed by atoms with Gasteiger partial charge in [0.2, 0.25) is 0 Å². The second-order valence-corrected chi connectivity index (χ2v) is 6.23. The van der Waals surface area contributed by atoms with Gasteiger partial charge in [0.1, 0.15) is 0 Å². The monoisotopic (exact) mass is 414 g/mol. The molecule has 0 bridgehead atoms. The molecule has 21 heavy (non-hydrogen) atoms. The minimum atomic E-state index is -0.444. The number of oxazole rings is 1. The van der Waals surface area contributed by atoms with Crippen molar-refractivity contribution in [1.82, 2.24) is 10.3 Å². The summed E-state index contributed by atoms with van der Waals surface area (Å²) in [5.41, 5.74) is 3.30. The highest BCUT2D eigenvalue weighted by molar-refractivity contribution is 14.1. The van der Waals surface area contributed by atoms with Crippen LogP contribution in [0.4, 0.5) is 0 Å². The molecule has 0 amide bonds. The molecule has 0 saturated carbocycles. The molecular weight excluding hydrogens is 403 g/mol. The Hall–Kier alpha value is -1.31. The molecule has 3 aromatic rings. The molecular formula is C15H12ClIN2O2. The van der Waals surface area contributed by atoms with Crippen molar-refractivity contribution in [3.05, 3.63) is 66.7 Å². The highest BCUT2D eigenvalue weighted by Crippen LogP contribution is 2.28. The summed E-state index contributed by atoms with van der Waals surface area (Å²) in [6, 6.07) is 11.6. The number of fused-ring (bicyclic) bond motifs is 1. The molecule has 1 atom stereocenters. The van der Waals surface area contributed by atoms with Gasteiger partial charge in [0.15, 0.2) is 5.58 Å². The molecule has 0 aliphatic rings. The van der Waals surface area contributed by atoms with Crippen LogP contribution in [0.2, 0.25) is 5.02 Å². The minimum absolute atomic E-state index is 0.0240. The van der Waals surface area contributed by atoms with Gasteiger partial charge in [-0.3, -0.25) is 4.98 Å². The van der Waals surface area contributed by atoms with E-state index in [-0.39, 0.29) is 6.04 Å². The smallest absolute Gasteiger partial charge is 0.408 e. The maximum Gasteiger partial charge on any atom is 0.417 e. The molecule has 4 nitrogen and oxygen atoms in total. The van der Waals surface area contributed by atoms with Crippen LogP contribution >= 0.6 is 34.2 Å². The van der Waals surface area contributed by atoms with Gasteiger partial charge in [0, 0.05) is 3.57 Å². The van der Waals surface area contributed by atoms with Crippen LogP contribution in [0.25, 0.3) is 11.1 Å². The Balaban J connectivity index is 2.08. The van der Waals surface area contributed by atoms with Gasteiger partial charge < -0.3 is 9.73 Å². The van der Waals surface area contributed by atoms with Crippen molar-refractivity contribution in [3.63, 3.8) is 0 Å². The van der Waals surface area contributed by atoms with Gasteiger partial charge in [-0.25, -0.2) is 4.79 Å². The van der Waals surface area contributed by atoms with E-state index in [9.17, 15) is 4.79 Å². The summed E-state index contributed by atoms with van der Waals surface area (Å²) in [6.45, 7) is 0. The van der Waals surface area contributed by atoms with E-state index in [4.69, 9.17) is 16.0 Å². The Morgan fingerprint density at radius 2 is 1.95 bits per heavy atom. The van der Waals surface area contributed by atoms with E-state index < -0.39 is 5.76 Å². The topological polar surface area (TPSA) is 58.0 Å². The first kappa shape index (κ1) is 14.6. The Kier molecular flexibility index (Phi) is 4.05. The van der Waals surface area contributed by atoms with E-state index in [1.807, 2.05) is 43.4 Å². The van der Waals surface area contributed by atoms with E-state index in [0.717, 1.165) is 19.7 Å². The van der Waals surface area contributed by atoms with E-state index >= 15 is 0 Å². The predicted octanol–water partition coefficient (Wildman–Crippen LogP) is 3.69. The third kappa shape index (κ3) is 2.86. The fourth-order valence-corrected chi connectivity index (χ4v) is 2.88. The van der Waals surface area contributed by atoms with Gasteiger partial charge >= 0.3 is 5.76 Å². The van der Waals surface area contributed by atoms with Crippen LogP contribution in [-0.4, -0.2) is 12.0 Å². The number of aromatic amines is 1. The van der Waals surface area contributed by atoms with Crippen molar-refractivity contribution < 1.29 is 4.42 Å². The lowest BCUT2D eigenvalue weighted by molar-refractivity contribution is 0.554. The third-order valence-electron chi connectivity index (χ3n) is 3.34. The van der Waals surface area contributed by atoms with Crippen LogP contribution < -0.4 is 11.1 Å². The highest BCUT2D eigenvalue weighted by atomic mass is 127. The molecule has 0 aliphatic heterocycles. The zero-order chi connectivity index (χ0) is 15.0. The summed E-state index contributed by atoms with van der Waals surface area (Å²) < 4.78 is 6.13. The normalized spacial score (nSPS) is 12.7. The van der Waals surface area contributed by atoms with E-state index in [2.05, 4.69) is 32.9 Å². The largest absolute Gasteiger partial charge is 0.417 e. The summed E-state index contributed by atoms with van der Waals surface area (Å²) in [7, 11) is 1.88. The first-order valence-electron chi connectivity index (χ1n) is 6.33. The maximum atomic E-state index is 11.2. The molecule has 3 rings (SSSR count). The van der Waals surface area contributed by atoms with Crippen molar-refractivity contribution in [2.45, 2.75) is 6.04 Å². The maximum absolute atomic E-state index is 11.2. The van der Waals surface area contributed by atoms with Gasteiger partial charge in [0.25, 0.3) is 0 Å². The van der Waals surface area contributed by atoms with Gasteiger partial charge in [0.05, 0.1) is 16.6 Å². The van der Waals surface area contributed by atoms with Crippen LogP contribution in [0.15, 0.2) is 45.6 Å². The molecule has 2 aromatic carbocycles. The molecule has 108 valence electrons. The van der Waals surface area contributed by atoms with E-state index in [0.29, 0.717) is 11.1 Å². The molecule has 0 saturated heterocycles. The van der Waals surface area contributed by atoms with Crippen molar-refractivity contribution in [2.24, 2.45) is 0 Å². The summed E-state index contributed by atoms with van der Waals surface area (Å²) >= 11 is 8.40. The fraction of sp³-hybridized carbons (Fsp3) is 0.133. The number of nitrogens with one attached hydrogen (secondary N) is 2. The second-order valence-electron chi connectivity index (χ2n) is 4.67. The molecule has 0 aliphatic carbocycles. The lowest BCUT2D eigenvalue weighted by Gasteiger charge is -2.17. The number of hydrogen-bond donors (Lipinski definition) is 2. The summed E-state index contributed by atoms with van der Waals surface area (Å²) in [4.78, 5) is 13.9. The number of hydrogen-bond acceptors (Lipinski definition) is 3. The average Bonchev–Trinajstić information content (AvgIpc) is 2.83. The number of halogens is 2. The molecule has 6 heteroatoms. The molecule has 0 radical (unpaired) electrons. The Labute approximate surface area is 139 Å². The molecule has 0 fully saturated rings. The number of aromatic nitrogens is 1. The Morgan fingerprint density at radius 3 is 2.67 bits per heavy atom. The zero-order valence-corrected chi connectivity index (χ0v) is 14.0. The predicted molar refractivity (Wildman–Crippen MR) is 91.9 cm³/mol. The molecule has 0 spiro atoms. The first-order chi connectivity index (χ1) is 10.1. The summed E-state index contributed by atoms with van der Waals surface area (Å²) in [5, 5.41) is 3.99. The highest BCUT2D eigenvalue weighted by Gasteiger charge is 2.14. The Bertz CT molecular complexity index is 856. The number of benzene rings is 2. The number of rotatable bonds is 3. The van der Waals surface area contributed by atoms with Crippen LogP contribution in [-0.2, 0) is 0 Å². The summed E-state index contributed by atoms with van der Waals surface area (Å²) in [6.07, 6.45) is 0. The van der Waals surface area contributed by atoms with Gasteiger partial charge in [-0.05, 0) is 65.0 Å². The van der Waals surface area contributed by atoms with Crippen LogP contribution in [0, 0.1) is 3.57 Å². The quantitative estimate of drug-likeness (QED) is 0.643. The molecule has 1 aromatic heterocycles. The molecule has 1 unspecified atom stereocenters. The standard InChI is InChI=1S/C15H12ClIN2O2/c1-18-14(8-2-4-11(17)10(16)6-8)9-3-5-12-13(7-9)21-15(20)19-12/h2-7,14,18H,1H3,(H,19,20). The second kappa shape index (κ2) is 5.82. The van der Waals surface area contributed by atoms with E-state index in [1.54, 1.807) is 0 Å². The minimum Gasteiger partial charge on any atom is -0.408 e. The fourth-order valence-electron chi connectivity index (χ4n) is 2.36. The van der Waals surface area contributed by atoms with Crippen LogP contribution in [0.1, 0.15) is 17.2 Å². The lowest BCUT2D eigenvalue weighted by atomic mass is 9.98. The SMILES string of the molecule is CNC(c1ccc(I)c(Cl)c1)c1ccc2[nH]c(=O)oc2c1. The van der Waals surface area contributed by atoms with Crippen molar-refractivity contribution in [1.29, 1.82) is 0 Å². The zero-order valence-electron chi connectivity index (χ0n) is 11.1.